The number of hydrogen-bond acceptors (Lipinski definition) is 3. The smallest absolute Gasteiger partial charge is 0.304 e. The quantitative estimate of drug-likeness (QED) is 0.632. The highest BCUT2D eigenvalue weighted by molar-refractivity contribution is 5.66. The molecular weight excluding hydrogens is 168 g/mol. The molecule has 0 spiro atoms. The summed E-state index contributed by atoms with van der Waals surface area (Å²) in [6.07, 6.45) is 0.192. The predicted molar refractivity (Wildman–Crippen MR) is 52.6 cm³/mol. The van der Waals surface area contributed by atoms with Gasteiger partial charge in [0, 0.05) is 13.1 Å². The fraction of sp³-hybridized carbons (Fsp3) is 0.889. The van der Waals surface area contributed by atoms with Crippen molar-refractivity contribution >= 4 is 5.97 Å². The maximum Gasteiger partial charge on any atom is 0.304 e. The van der Waals surface area contributed by atoms with Crippen LogP contribution in [0.1, 0.15) is 20.3 Å². The molecular formula is C9H20N2O2. The van der Waals surface area contributed by atoms with Crippen molar-refractivity contribution in [2.24, 2.45) is 11.1 Å². The molecule has 78 valence electrons. The fourth-order valence-corrected chi connectivity index (χ4v) is 1.16. The zero-order valence-electron chi connectivity index (χ0n) is 8.71. The Kier molecular flexibility index (Phi) is 4.95. The molecule has 4 nitrogen and oxygen atoms in total. The van der Waals surface area contributed by atoms with Crippen LogP contribution in [-0.4, -0.2) is 42.7 Å². The van der Waals surface area contributed by atoms with E-state index in [9.17, 15) is 4.79 Å². The van der Waals surface area contributed by atoms with Crippen LogP contribution in [0.15, 0.2) is 0 Å². The zero-order valence-corrected chi connectivity index (χ0v) is 8.71. The Morgan fingerprint density at radius 2 is 2.08 bits per heavy atom. The van der Waals surface area contributed by atoms with Gasteiger partial charge in [-0.05, 0) is 19.0 Å². The summed E-state index contributed by atoms with van der Waals surface area (Å²) in [5, 5.41) is 8.47. The van der Waals surface area contributed by atoms with Gasteiger partial charge < -0.3 is 15.7 Å². The molecule has 0 aromatic carbocycles. The van der Waals surface area contributed by atoms with E-state index in [0.717, 1.165) is 6.54 Å². The van der Waals surface area contributed by atoms with E-state index in [-0.39, 0.29) is 11.8 Å². The monoisotopic (exact) mass is 188 g/mol. The molecule has 0 atom stereocenters. The van der Waals surface area contributed by atoms with Gasteiger partial charge in [0.2, 0.25) is 0 Å². The highest BCUT2D eigenvalue weighted by Crippen LogP contribution is 2.13. The summed E-state index contributed by atoms with van der Waals surface area (Å²) in [5.41, 5.74) is 5.63. The molecule has 0 saturated heterocycles. The summed E-state index contributed by atoms with van der Waals surface area (Å²) in [5.74, 6) is -0.752. The molecule has 0 fully saturated rings. The minimum Gasteiger partial charge on any atom is -0.481 e. The molecule has 3 N–H and O–H groups in total. The van der Waals surface area contributed by atoms with Gasteiger partial charge in [0.15, 0.2) is 0 Å². The number of rotatable bonds is 6. The molecule has 0 amide bonds. The topological polar surface area (TPSA) is 66.6 Å². The second-order valence-corrected chi connectivity index (χ2v) is 4.25. The van der Waals surface area contributed by atoms with Crippen LogP contribution in [0, 0.1) is 5.41 Å². The minimum absolute atomic E-state index is 0.0628. The lowest BCUT2D eigenvalue weighted by atomic mass is 9.93. The van der Waals surface area contributed by atoms with Gasteiger partial charge in [-0.25, -0.2) is 0 Å². The van der Waals surface area contributed by atoms with E-state index in [4.69, 9.17) is 10.8 Å². The Bertz CT molecular complexity index is 169. The zero-order chi connectivity index (χ0) is 10.5. The maximum atomic E-state index is 10.3. The third-order valence-corrected chi connectivity index (χ3v) is 1.96. The molecule has 0 rings (SSSR count). The molecule has 0 radical (unpaired) electrons. The van der Waals surface area contributed by atoms with E-state index in [2.05, 4.69) is 13.8 Å². The van der Waals surface area contributed by atoms with Crippen molar-refractivity contribution in [1.29, 1.82) is 0 Å². The Balaban J connectivity index is 3.73. The first kappa shape index (κ1) is 12.4. The molecule has 0 bridgehead atoms. The number of nitrogens with two attached hydrogens (primary N) is 1. The lowest BCUT2D eigenvalue weighted by Crippen LogP contribution is -2.37. The van der Waals surface area contributed by atoms with Crippen molar-refractivity contribution in [2.45, 2.75) is 20.3 Å². The molecule has 0 unspecified atom stereocenters. The number of hydrogen-bond donors (Lipinski definition) is 2. The first-order valence-corrected chi connectivity index (χ1v) is 4.48. The predicted octanol–water partition coefficient (Wildman–Crippen LogP) is 0.378. The molecule has 0 aliphatic rings. The number of carbonyl (C=O) groups is 1. The standard InChI is InChI=1S/C9H20N2O2/c1-9(2,6-10)7-11(3)5-4-8(12)13/h4-7,10H2,1-3H3,(H,12,13). The van der Waals surface area contributed by atoms with Gasteiger partial charge in [0.25, 0.3) is 0 Å². The van der Waals surface area contributed by atoms with Crippen molar-refractivity contribution in [3.8, 4) is 0 Å². The fourth-order valence-electron chi connectivity index (χ4n) is 1.16. The van der Waals surface area contributed by atoms with Crippen molar-refractivity contribution in [3.05, 3.63) is 0 Å². The molecule has 0 aliphatic heterocycles. The van der Waals surface area contributed by atoms with Crippen LogP contribution in [0.2, 0.25) is 0 Å². The summed E-state index contributed by atoms with van der Waals surface area (Å²) in [6.45, 7) is 6.18. The number of nitrogens with zero attached hydrogens (tertiary/aromatic N) is 1. The van der Waals surface area contributed by atoms with Gasteiger partial charge in [0.05, 0.1) is 6.42 Å². The molecule has 0 heterocycles. The summed E-state index contributed by atoms with van der Waals surface area (Å²) >= 11 is 0. The van der Waals surface area contributed by atoms with Crippen molar-refractivity contribution < 1.29 is 9.90 Å². The molecule has 0 saturated carbocycles. The normalized spacial score (nSPS) is 12.1. The average Bonchev–Trinajstić information content (AvgIpc) is 2.00. The minimum atomic E-state index is -0.752. The SMILES string of the molecule is CN(CCC(=O)O)CC(C)(C)CN. The lowest BCUT2D eigenvalue weighted by molar-refractivity contribution is -0.137. The Morgan fingerprint density at radius 3 is 2.46 bits per heavy atom. The molecule has 4 heteroatoms. The number of carboxylic acids is 1. The van der Waals surface area contributed by atoms with Gasteiger partial charge in [-0.2, -0.15) is 0 Å². The maximum absolute atomic E-state index is 10.3. The van der Waals surface area contributed by atoms with E-state index < -0.39 is 5.97 Å². The van der Waals surface area contributed by atoms with Gasteiger partial charge in [-0.3, -0.25) is 4.79 Å². The van der Waals surface area contributed by atoms with Crippen LogP contribution in [0.4, 0.5) is 0 Å². The highest BCUT2D eigenvalue weighted by atomic mass is 16.4. The Hall–Kier alpha value is -0.610. The molecule has 0 aliphatic carbocycles. The first-order valence-electron chi connectivity index (χ1n) is 4.48. The average molecular weight is 188 g/mol. The molecule has 0 aromatic rings. The third-order valence-electron chi connectivity index (χ3n) is 1.96. The summed E-state index contributed by atoms with van der Waals surface area (Å²) in [4.78, 5) is 12.3. The van der Waals surface area contributed by atoms with Crippen LogP contribution in [0.3, 0.4) is 0 Å². The van der Waals surface area contributed by atoms with E-state index in [0.29, 0.717) is 13.1 Å². The largest absolute Gasteiger partial charge is 0.481 e. The Labute approximate surface area is 79.7 Å². The summed E-state index contributed by atoms with van der Waals surface area (Å²) in [7, 11) is 1.92. The van der Waals surface area contributed by atoms with Crippen molar-refractivity contribution in [2.75, 3.05) is 26.7 Å². The van der Waals surface area contributed by atoms with E-state index >= 15 is 0 Å². The third kappa shape index (κ3) is 6.54. The van der Waals surface area contributed by atoms with Gasteiger partial charge >= 0.3 is 5.97 Å². The second kappa shape index (κ2) is 5.19. The van der Waals surface area contributed by atoms with Crippen LogP contribution >= 0.6 is 0 Å². The number of aliphatic carboxylic acids is 1. The Morgan fingerprint density at radius 1 is 1.54 bits per heavy atom. The first-order chi connectivity index (χ1) is 5.87. The number of carboxylic acid groups (broad SMARTS) is 1. The highest BCUT2D eigenvalue weighted by Gasteiger charge is 2.17. The van der Waals surface area contributed by atoms with Crippen molar-refractivity contribution in [3.63, 3.8) is 0 Å². The van der Waals surface area contributed by atoms with E-state index in [1.807, 2.05) is 11.9 Å². The molecule has 13 heavy (non-hydrogen) atoms. The van der Waals surface area contributed by atoms with Gasteiger partial charge in [-0.15, -0.1) is 0 Å². The van der Waals surface area contributed by atoms with E-state index in [1.165, 1.54) is 0 Å². The van der Waals surface area contributed by atoms with Crippen LogP contribution in [-0.2, 0) is 4.79 Å². The lowest BCUT2D eigenvalue weighted by Gasteiger charge is -2.28. The summed E-state index contributed by atoms with van der Waals surface area (Å²) < 4.78 is 0. The van der Waals surface area contributed by atoms with E-state index in [1.54, 1.807) is 0 Å². The van der Waals surface area contributed by atoms with Crippen molar-refractivity contribution in [1.82, 2.24) is 4.90 Å². The van der Waals surface area contributed by atoms with Crippen LogP contribution in [0.5, 0.6) is 0 Å². The van der Waals surface area contributed by atoms with Crippen LogP contribution in [0.25, 0.3) is 0 Å². The molecule has 0 aromatic heterocycles. The van der Waals surface area contributed by atoms with Gasteiger partial charge in [0.1, 0.15) is 0 Å². The second-order valence-electron chi connectivity index (χ2n) is 4.25. The summed E-state index contributed by atoms with van der Waals surface area (Å²) in [6, 6.07) is 0. The van der Waals surface area contributed by atoms with Crippen LogP contribution < -0.4 is 5.73 Å². The van der Waals surface area contributed by atoms with Gasteiger partial charge in [-0.1, -0.05) is 13.8 Å².